The van der Waals surface area contributed by atoms with Gasteiger partial charge in [0.2, 0.25) is 5.91 Å². The highest BCUT2D eigenvalue weighted by Gasteiger charge is 2.81. The van der Waals surface area contributed by atoms with Crippen LogP contribution in [-0.2, 0) is 20.8 Å². The van der Waals surface area contributed by atoms with E-state index in [9.17, 15) is 24.6 Å². The van der Waals surface area contributed by atoms with Crippen LogP contribution in [0.15, 0.2) is 24.3 Å². The number of methoxy groups -OCH3 is 1. The van der Waals surface area contributed by atoms with Gasteiger partial charge in [-0.05, 0) is 12.5 Å². The van der Waals surface area contributed by atoms with Gasteiger partial charge in [-0.25, -0.2) is 0 Å². The molecule has 2 aliphatic rings. The van der Waals surface area contributed by atoms with Crippen molar-refractivity contribution >= 4 is 17.8 Å². The molecule has 1 aliphatic carbocycles. The van der Waals surface area contributed by atoms with Gasteiger partial charge >= 0.3 is 11.9 Å². The van der Waals surface area contributed by atoms with Crippen LogP contribution >= 0.6 is 0 Å². The monoisotopic (exact) mass is 319 g/mol. The number of carboxylic acids is 2. The van der Waals surface area contributed by atoms with Crippen molar-refractivity contribution in [3.05, 3.63) is 29.8 Å². The molecule has 1 aromatic rings. The van der Waals surface area contributed by atoms with Crippen LogP contribution in [0.1, 0.15) is 12.0 Å². The highest BCUT2D eigenvalue weighted by molar-refractivity contribution is 5.96. The maximum Gasteiger partial charge on any atom is 0.312 e. The minimum Gasteiger partial charge on any atom is -0.496 e. The number of hydrogen-bond donors (Lipinski definition) is 2. The number of rotatable bonds is 5. The predicted octanol–water partition coefficient (Wildman–Crippen LogP) is 0.626. The first-order valence-corrected chi connectivity index (χ1v) is 7.23. The van der Waals surface area contributed by atoms with E-state index in [-0.39, 0.29) is 31.8 Å². The molecule has 23 heavy (non-hydrogen) atoms. The van der Waals surface area contributed by atoms with Crippen molar-refractivity contribution in [1.82, 2.24) is 4.90 Å². The molecule has 2 N–H and O–H groups in total. The Morgan fingerprint density at radius 2 is 1.70 bits per heavy atom. The molecule has 7 heteroatoms. The Morgan fingerprint density at radius 3 is 2.22 bits per heavy atom. The number of carbonyl (C=O) groups excluding carboxylic acids is 1. The maximum absolute atomic E-state index is 12.5. The molecule has 2 atom stereocenters. The van der Waals surface area contributed by atoms with Crippen molar-refractivity contribution in [3.63, 3.8) is 0 Å². The number of ether oxygens (including phenoxy) is 1. The molecule has 1 amide bonds. The van der Waals surface area contributed by atoms with E-state index in [0.717, 1.165) is 0 Å². The summed E-state index contributed by atoms with van der Waals surface area (Å²) in [6, 6.07) is 7.07. The fraction of sp³-hybridized carbons (Fsp3) is 0.438. The molecule has 1 saturated carbocycles. The number of benzene rings is 1. The van der Waals surface area contributed by atoms with Crippen LogP contribution in [0.2, 0.25) is 0 Å². The molecule has 1 saturated heterocycles. The van der Waals surface area contributed by atoms with Gasteiger partial charge in [-0.3, -0.25) is 14.4 Å². The Morgan fingerprint density at radius 1 is 1.13 bits per heavy atom. The quantitative estimate of drug-likeness (QED) is 0.825. The molecule has 0 unspecified atom stereocenters. The van der Waals surface area contributed by atoms with Gasteiger partial charge in [0.15, 0.2) is 0 Å². The van der Waals surface area contributed by atoms with Crippen LogP contribution < -0.4 is 4.74 Å². The van der Waals surface area contributed by atoms with Crippen molar-refractivity contribution in [1.29, 1.82) is 0 Å². The third kappa shape index (κ3) is 2.07. The molecule has 1 aromatic carbocycles. The van der Waals surface area contributed by atoms with Gasteiger partial charge in [-0.2, -0.15) is 0 Å². The lowest BCUT2D eigenvalue weighted by Crippen LogP contribution is -2.35. The Balaban J connectivity index is 1.78. The SMILES string of the molecule is COc1ccccc1CC(=O)N1C[C@@]2(C(=O)O)C[C@@]2(C(=O)O)C1. The van der Waals surface area contributed by atoms with Crippen molar-refractivity contribution in [3.8, 4) is 5.75 Å². The Hall–Kier alpha value is -2.57. The summed E-state index contributed by atoms with van der Waals surface area (Å²) >= 11 is 0. The maximum atomic E-state index is 12.5. The van der Waals surface area contributed by atoms with E-state index in [4.69, 9.17) is 4.74 Å². The second-order valence-corrected chi connectivity index (χ2v) is 6.19. The first-order valence-electron chi connectivity index (χ1n) is 7.23. The van der Waals surface area contributed by atoms with Gasteiger partial charge in [-0.1, -0.05) is 18.2 Å². The van der Waals surface area contributed by atoms with Crippen LogP contribution in [0.5, 0.6) is 5.75 Å². The number of likely N-dealkylation sites (tertiary alicyclic amines) is 1. The van der Waals surface area contributed by atoms with Crippen molar-refractivity contribution < 1.29 is 29.3 Å². The molecule has 0 spiro atoms. The summed E-state index contributed by atoms with van der Waals surface area (Å²) in [4.78, 5) is 36.8. The van der Waals surface area contributed by atoms with Crippen molar-refractivity contribution in [2.24, 2.45) is 10.8 Å². The van der Waals surface area contributed by atoms with Gasteiger partial charge < -0.3 is 19.8 Å². The predicted molar refractivity (Wildman–Crippen MR) is 78.0 cm³/mol. The van der Waals surface area contributed by atoms with Gasteiger partial charge in [0.1, 0.15) is 16.6 Å². The van der Waals surface area contributed by atoms with Crippen LogP contribution in [0.4, 0.5) is 0 Å². The lowest BCUT2D eigenvalue weighted by atomic mass is 9.97. The molecular weight excluding hydrogens is 302 g/mol. The second kappa shape index (κ2) is 4.97. The fourth-order valence-electron chi connectivity index (χ4n) is 3.59. The molecule has 7 nitrogen and oxygen atoms in total. The van der Waals surface area contributed by atoms with Crippen molar-refractivity contribution in [2.45, 2.75) is 12.8 Å². The van der Waals surface area contributed by atoms with E-state index in [1.807, 2.05) is 0 Å². The minimum atomic E-state index is -1.34. The zero-order valence-corrected chi connectivity index (χ0v) is 12.6. The van der Waals surface area contributed by atoms with E-state index in [1.165, 1.54) is 12.0 Å². The van der Waals surface area contributed by atoms with Crippen LogP contribution in [-0.4, -0.2) is 53.2 Å². The molecular formula is C16H17NO6. The van der Waals surface area contributed by atoms with Gasteiger partial charge in [0.25, 0.3) is 0 Å². The Labute approximate surface area is 132 Å². The van der Waals surface area contributed by atoms with Gasteiger partial charge in [0.05, 0.1) is 13.5 Å². The molecule has 1 aliphatic heterocycles. The number of fused-ring (bicyclic) bond motifs is 1. The van der Waals surface area contributed by atoms with E-state index >= 15 is 0 Å². The van der Waals surface area contributed by atoms with Crippen LogP contribution in [0.3, 0.4) is 0 Å². The summed E-state index contributed by atoms with van der Waals surface area (Å²) < 4.78 is 5.20. The van der Waals surface area contributed by atoms with E-state index in [0.29, 0.717) is 11.3 Å². The average molecular weight is 319 g/mol. The van der Waals surface area contributed by atoms with Crippen LogP contribution in [0.25, 0.3) is 0 Å². The standard InChI is InChI=1S/C16H17NO6/c1-23-11-5-3-2-4-10(11)6-12(18)17-8-15(13(19)20)7-16(15,9-17)14(21)22/h2-5H,6-9H2,1H3,(H,19,20)(H,21,22)/t15-,16+. The van der Waals surface area contributed by atoms with E-state index in [2.05, 4.69) is 0 Å². The number of carbonyl (C=O) groups is 3. The summed E-state index contributed by atoms with van der Waals surface area (Å²) in [6.45, 7) is -0.106. The number of para-hydroxylation sites is 1. The topological polar surface area (TPSA) is 104 Å². The lowest BCUT2D eigenvalue weighted by molar-refractivity contribution is -0.151. The fourth-order valence-corrected chi connectivity index (χ4v) is 3.59. The zero-order valence-electron chi connectivity index (χ0n) is 12.6. The smallest absolute Gasteiger partial charge is 0.312 e. The largest absolute Gasteiger partial charge is 0.496 e. The van der Waals surface area contributed by atoms with E-state index in [1.54, 1.807) is 24.3 Å². The summed E-state index contributed by atoms with van der Waals surface area (Å²) in [7, 11) is 1.51. The van der Waals surface area contributed by atoms with Gasteiger partial charge in [-0.15, -0.1) is 0 Å². The van der Waals surface area contributed by atoms with Crippen molar-refractivity contribution in [2.75, 3.05) is 20.2 Å². The number of amides is 1. The normalized spacial score (nSPS) is 28.1. The molecule has 122 valence electrons. The third-order valence-corrected chi connectivity index (χ3v) is 5.02. The third-order valence-electron chi connectivity index (χ3n) is 5.02. The first-order chi connectivity index (χ1) is 10.9. The van der Waals surface area contributed by atoms with E-state index < -0.39 is 22.8 Å². The van der Waals surface area contributed by atoms with Gasteiger partial charge in [0, 0.05) is 18.7 Å². The average Bonchev–Trinajstić information content (AvgIpc) is 3.06. The number of carboxylic acid groups (broad SMARTS) is 2. The molecule has 0 aromatic heterocycles. The number of nitrogens with zero attached hydrogens (tertiary/aromatic N) is 1. The Bertz CT molecular complexity index is 674. The first kappa shape index (κ1) is 15.3. The number of hydrogen-bond acceptors (Lipinski definition) is 4. The highest BCUT2D eigenvalue weighted by Crippen LogP contribution is 2.68. The molecule has 0 radical (unpaired) electrons. The number of aliphatic carboxylic acids is 2. The summed E-state index contributed by atoms with van der Waals surface area (Å²) in [6.07, 6.45) is 0.137. The molecule has 3 rings (SSSR count). The highest BCUT2D eigenvalue weighted by atomic mass is 16.5. The number of piperidine rings is 1. The molecule has 1 heterocycles. The molecule has 0 bridgehead atoms. The minimum absolute atomic E-state index is 0.0510. The summed E-state index contributed by atoms with van der Waals surface area (Å²) in [5, 5.41) is 18.8. The zero-order chi connectivity index (χ0) is 16.8. The lowest BCUT2D eigenvalue weighted by Gasteiger charge is -2.20. The Kier molecular flexibility index (Phi) is 3.31. The summed E-state index contributed by atoms with van der Waals surface area (Å²) in [5.74, 6) is -2.01. The van der Waals surface area contributed by atoms with Crippen LogP contribution in [0, 0.1) is 10.8 Å². The summed E-state index contributed by atoms with van der Waals surface area (Å²) in [5.41, 5.74) is -1.99. The molecule has 2 fully saturated rings. The second-order valence-electron chi connectivity index (χ2n) is 6.19.